The summed E-state index contributed by atoms with van der Waals surface area (Å²) in [7, 11) is -5.73. The Bertz CT molecular complexity index is 1010. The SMILES string of the molecule is O=C(NC1CCN(Cc2ccc(Cl)cc2)CC1)c1cccnc1S(=O)(=O)C(F)(F)F. The van der Waals surface area contributed by atoms with Gasteiger partial charge in [0.2, 0.25) is 0 Å². The van der Waals surface area contributed by atoms with E-state index in [1.54, 1.807) is 0 Å². The van der Waals surface area contributed by atoms with Crippen LogP contribution in [0.25, 0.3) is 0 Å². The van der Waals surface area contributed by atoms with Crippen LogP contribution in [0.1, 0.15) is 28.8 Å². The lowest BCUT2D eigenvalue weighted by Gasteiger charge is -2.32. The van der Waals surface area contributed by atoms with E-state index in [1.165, 1.54) is 6.07 Å². The van der Waals surface area contributed by atoms with E-state index in [2.05, 4.69) is 15.2 Å². The molecule has 0 spiro atoms. The Morgan fingerprint density at radius 2 is 1.80 bits per heavy atom. The number of aromatic nitrogens is 1. The van der Waals surface area contributed by atoms with Crippen molar-refractivity contribution >= 4 is 27.3 Å². The first kappa shape index (κ1) is 22.5. The van der Waals surface area contributed by atoms with E-state index in [9.17, 15) is 26.4 Å². The minimum Gasteiger partial charge on any atom is -0.349 e. The van der Waals surface area contributed by atoms with Gasteiger partial charge in [-0.25, -0.2) is 13.4 Å². The number of piperidine rings is 1. The Morgan fingerprint density at radius 1 is 1.17 bits per heavy atom. The van der Waals surface area contributed by atoms with Gasteiger partial charge in [-0.1, -0.05) is 23.7 Å². The third-order valence-corrected chi connectivity index (χ3v) is 6.51. The van der Waals surface area contributed by atoms with Crippen molar-refractivity contribution in [2.24, 2.45) is 0 Å². The molecule has 0 saturated carbocycles. The van der Waals surface area contributed by atoms with Gasteiger partial charge in [0.1, 0.15) is 0 Å². The summed E-state index contributed by atoms with van der Waals surface area (Å²) in [5.41, 5.74) is -5.05. The number of carbonyl (C=O) groups is 1. The number of carbonyl (C=O) groups excluding carboxylic acids is 1. The third-order valence-electron chi connectivity index (χ3n) is 4.82. The molecule has 2 heterocycles. The molecule has 30 heavy (non-hydrogen) atoms. The molecule has 0 unspecified atom stereocenters. The van der Waals surface area contributed by atoms with E-state index in [4.69, 9.17) is 11.6 Å². The van der Waals surface area contributed by atoms with Crippen molar-refractivity contribution in [2.45, 2.75) is 36.0 Å². The van der Waals surface area contributed by atoms with Crippen LogP contribution in [0.4, 0.5) is 13.2 Å². The van der Waals surface area contributed by atoms with Gasteiger partial charge >= 0.3 is 5.51 Å². The summed E-state index contributed by atoms with van der Waals surface area (Å²) in [5, 5.41) is 2.01. The lowest BCUT2D eigenvalue weighted by atomic mass is 10.0. The van der Waals surface area contributed by atoms with E-state index in [1.807, 2.05) is 24.3 Å². The zero-order valence-electron chi connectivity index (χ0n) is 15.7. The van der Waals surface area contributed by atoms with Crippen molar-refractivity contribution in [3.63, 3.8) is 0 Å². The second-order valence-electron chi connectivity index (χ2n) is 6.96. The Morgan fingerprint density at radius 3 is 2.40 bits per heavy atom. The fraction of sp³-hybridized carbons (Fsp3) is 0.368. The molecular formula is C19H19ClF3N3O3S. The van der Waals surface area contributed by atoms with Crippen LogP contribution in [0, 0.1) is 0 Å². The van der Waals surface area contributed by atoms with Crippen LogP contribution in [-0.2, 0) is 16.4 Å². The normalized spacial score (nSPS) is 16.4. The average Bonchev–Trinajstić information content (AvgIpc) is 2.70. The number of halogens is 4. The molecule has 2 aromatic rings. The van der Waals surface area contributed by atoms with Crippen LogP contribution in [0.15, 0.2) is 47.6 Å². The molecule has 1 N–H and O–H groups in total. The maximum Gasteiger partial charge on any atom is 0.503 e. The Balaban J connectivity index is 1.62. The van der Waals surface area contributed by atoms with Crippen LogP contribution in [0.3, 0.4) is 0 Å². The smallest absolute Gasteiger partial charge is 0.349 e. The third kappa shape index (κ3) is 5.11. The predicted octanol–water partition coefficient (Wildman–Crippen LogP) is 3.42. The fourth-order valence-corrected chi connectivity index (χ4v) is 4.23. The number of rotatable bonds is 5. The summed E-state index contributed by atoms with van der Waals surface area (Å²) in [4.78, 5) is 18.0. The molecule has 1 aliphatic rings. The number of sulfone groups is 1. The molecule has 0 radical (unpaired) electrons. The van der Waals surface area contributed by atoms with Gasteiger partial charge in [-0.3, -0.25) is 9.69 Å². The maximum atomic E-state index is 12.9. The molecule has 1 amide bonds. The number of pyridine rings is 1. The first-order chi connectivity index (χ1) is 14.1. The lowest BCUT2D eigenvalue weighted by Crippen LogP contribution is -2.44. The number of benzene rings is 1. The van der Waals surface area contributed by atoms with Crippen molar-refractivity contribution < 1.29 is 26.4 Å². The number of nitrogens with zero attached hydrogens (tertiary/aromatic N) is 2. The highest BCUT2D eigenvalue weighted by Gasteiger charge is 2.49. The Hall–Kier alpha value is -2.17. The molecule has 1 aromatic heterocycles. The highest BCUT2D eigenvalue weighted by atomic mass is 35.5. The summed E-state index contributed by atoms with van der Waals surface area (Å²) in [6, 6.07) is 9.45. The van der Waals surface area contributed by atoms with Crippen LogP contribution >= 0.6 is 11.6 Å². The standard InChI is InChI=1S/C19H19ClF3N3O3S/c20-14-5-3-13(4-6-14)12-26-10-7-15(8-11-26)25-17(27)16-2-1-9-24-18(16)30(28,29)19(21,22)23/h1-6,9,15H,7-8,10-12H2,(H,25,27). The van der Waals surface area contributed by atoms with Crippen LogP contribution < -0.4 is 5.32 Å². The van der Waals surface area contributed by atoms with Crippen molar-refractivity contribution in [3.05, 3.63) is 58.7 Å². The van der Waals surface area contributed by atoms with Gasteiger partial charge in [0.15, 0.2) is 5.03 Å². The van der Waals surface area contributed by atoms with Gasteiger partial charge in [-0.15, -0.1) is 0 Å². The van der Waals surface area contributed by atoms with Crippen LogP contribution in [-0.4, -0.2) is 48.8 Å². The molecule has 1 aliphatic heterocycles. The molecule has 0 atom stereocenters. The van der Waals surface area contributed by atoms with Gasteiger partial charge < -0.3 is 5.32 Å². The predicted molar refractivity (Wildman–Crippen MR) is 105 cm³/mol. The molecule has 162 valence electrons. The van der Waals surface area contributed by atoms with Gasteiger partial charge in [0.05, 0.1) is 5.56 Å². The first-order valence-electron chi connectivity index (χ1n) is 9.12. The van der Waals surface area contributed by atoms with E-state index in [0.29, 0.717) is 37.5 Å². The molecule has 6 nitrogen and oxygen atoms in total. The summed E-state index contributed by atoms with van der Waals surface area (Å²) >= 11 is 5.88. The molecular weight excluding hydrogens is 443 g/mol. The van der Waals surface area contributed by atoms with E-state index in [-0.39, 0.29) is 6.04 Å². The second-order valence-corrected chi connectivity index (χ2v) is 9.25. The number of likely N-dealkylation sites (tertiary alicyclic amines) is 1. The van der Waals surface area contributed by atoms with E-state index < -0.39 is 31.8 Å². The molecule has 11 heteroatoms. The van der Waals surface area contributed by atoms with Gasteiger partial charge in [0, 0.05) is 36.9 Å². The highest BCUT2D eigenvalue weighted by Crippen LogP contribution is 2.31. The van der Waals surface area contributed by atoms with Crippen molar-refractivity contribution in [1.82, 2.24) is 15.2 Å². The zero-order valence-corrected chi connectivity index (χ0v) is 17.3. The number of hydrogen-bond acceptors (Lipinski definition) is 5. The summed E-state index contributed by atoms with van der Waals surface area (Å²) in [6.45, 7) is 2.07. The summed E-state index contributed by atoms with van der Waals surface area (Å²) in [5.74, 6) is -0.887. The lowest BCUT2D eigenvalue weighted by molar-refractivity contribution is -0.0438. The number of nitrogens with one attached hydrogen (secondary N) is 1. The Kier molecular flexibility index (Phi) is 6.68. The molecule has 1 fully saturated rings. The monoisotopic (exact) mass is 461 g/mol. The average molecular weight is 462 g/mol. The number of amides is 1. The molecule has 0 bridgehead atoms. The zero-order chi connectivity index (χ0) is 21.9. The van der Waals surface area contributed by atoms with E-state index >= 15 is 0 Å². The topological polar surface area (TPSA) is 79.4 Å². The van der Waals surface area contributed by atoms with Gasteiger partial charge in [-0.2, -0.15) is 13.2 Å². The Labute approximate surface area is 177 Å². The minimum atomic E-state index is -5.73. The molecule has 1 saturated heterocycles. The van der Waals surface area contributed by atoms with Crippen LogP contribution in [0.2, 0.25) is 5.02 Å². The molecule has 1 aromatic carbocycles. The van der Waals surface area contributed by atoms with Crippen LogP contribution in [0.5, 0.6) is 0 Å². The van der Waals surface area contributed by atoms with E-state index in [0.717, 1.165) is 17.8 Å². The first-order valence-corrected chi connectivity index (χ1v) is 11.0. The molecule has 3 rings (SSSR count). The molecule has 0 aliphatic carbocycles. The maximum absolute atomic E-state index is 12.9. The largest absolute Gasteiger partial charge is 0.503 e. The van der Waals surface area contributed by atoms with Crippen molar-refractivity contribution in [3.8, 4) is 0 Å². The number of alkyl halides is 3. The highest BCUT2D eigenvalue weighted by molar-refractivity contribution is 7.92. The van der Waals surface area contributed by atoms with Crippen molar-refractivity contribution in [1.29, 1.82) is 0 Å². The quantitative estimate of drug-likeness (QED) is 0.738. The van der Waals surface area contributed by atoms with Crippen molar-refractivity contribution in [2.75, 3.05) is 13.1 Å². The summed E-state index contributed by atoms with van der Waals surface area (Å²) < 4.78 is 62.1. The van der Waals surface area contributed by atoms with Gasteiger partial charge in [-0.05, 0) is 42.7 Å². The number of hydrogen-bond donors (Lipinski definition) is 1. The summed E-state index contributed by atoms with van der Waals surface area (Å²) in [6.07, 6.45) is 2.08. The van der Waals surface area contributed by atoms with Gasteiger partial charge in [0.25, 0.3) is 15.7 Å². The second kappa shape index (κ2) is 8.91. The minimum absolute atomic E-state index is 0.277. The fourth-order valence-electron chi connectivity index (χ4n) is 3.23.